The maximum Gasteiger partial charge on any atom is 0.220 e. The third-order valence-electron chi connectivity index (χ3n) is 2.94. The Hall–Kier alpha value is -0.860. The van der Waals surface area contributed by atoms with Crippen molar-refractivity contribution in [2.45, 2.75) is 66.8 Å². The quantitative estimate of drug-likeness (QED) is 0.724. The Bertz CT molecular complexity index is 272. The average molecular weight is 255 g/mol. The van der Waals surface area contributed by atoms with E-state index in [-0.39, 0.29) is 17.7 Å². The number of amides is 1. The number of rotatable bonds is 8. The summed E-state index contributed by atoms with van der Waals surface area (Å²) in [7, 11) is 0. The highest BCUT2D eigenvalue weighted by Gasteiger charge is 2.19. The van der Waals surface area contributed by atoms with Gasteiger partial charge in [0.2, 0.25) is 5.91 Å². The summed E-state index contributed by atoms with van der Waals surface area (Å²) in [6.07, 6.45) is 2.28. The average Bonchev–Trinajstić information content (AvgIpc) is 2.13. The molecule has 0 radical (unpaired) electrons. The van der Waals surface area contributed by atoms with Gasteiger partial charge in [-0.25, -0.2) is 0 Å². The number of hydrogen-bond donors (Lipinski definition) is 1. The summed E-state index contributed by atoms with van der Waals surface area (Å²) < 4.78 is 0. The van der Waals surface area contributed by atoms with Crippen LogP contribution in [0.2, 0.25) is 0 Å². The van der Waals surface area contributed by atoms with E-state index in [4.69, 9.17) is 0 Å². The molecule has 106 valence electrons. The molecule has 0 heterocycles. The predicted octanol–water partition coefficient (Wildman–Crippen LogP) is 3.18. The summed E-state index contributed by atoms with van der Waals surface area (Å²) in [5, 5.41) is 2.86. The molecule has 1 amide bonds. The monoisotopic (exact) mass is 255 g/mol. The summed E-state index contributed by atoms with van der Waals surface area (Å²) in [5.41, 5.74) is 0. The lowest BCUT2D eigenvalue weighted by atomic mass is 9.95. The van der Waals surface area contributed by atoms with Crippen LogP contribution < -0.4 is 5.32 Å². The fraction of sp³-hybridized carbons (Fsp3) is 0.867. The molecule has 0 rings (SSSR count). The van der Waals surface area contributed by atoms with E-state index in [1.165, 1.54) is 0 Å². The van der Waals surface area contributed by atoms with Crippen LogP contribution in [0, 0.1) is 17.8 Å². The van der Waals surface area contributed by atoms with Crippen LogP contribution in [0.3, 0.4) is 0 Å². The molecule has 0 aliphatic rings. The second-order valence-corrected chi connectivity index (χ2v) is 6.30. The Labute approximate surface area is 112 Å². The first-order valence-corrected chi connectivity index (χ1v) is 7.02. The van der Waals surface area contributed by atoms with Crippen molar-refractivity contribution in [3.05, 3.63) is 0 Å². The van der Waals surface area contributed by atoms with Crippen molar-refractivity contribution in [1.82, 2.24) is 5.32 Å². The van der Waals surface area contributed by atoms with Gasteiger partial charge in [-0.1, -0.05) is 34.6 Å². The lowest BCUT2D eigenvalue weighted by molar-refractivity contribution is -0.127. The predicted molar refractivity (Wildman–Crippen MR) is 75.3 cm³/mol. The number of carbonyl (C=O) groups is 2. The van der Waals surface area contributed by atoms with Gasteiger partial charge in [0.05, 0.1) is 6.04 Å². The zero-order valence-electron chi connectivity index (χ0n) is 12.7. The van der Waals surface area contributed by atoms with Gasteiger partial charge in [0.15, 0.2) is 5.78 Å². The van der Waals surface area contributed by atoms with Crippen molar-refractivity contribution in [1.29, 1.82) is 0 Å². The van der Waals surface area contributed by atoms with Gasteiger partial charge in [0, 0.05) is 6.42 Å². The van der Waals surface area contributed by atoms with E-state index in [2.05, 4.69) is 39.9 Å². The molecule has 0 aromatic carbocycles. The molecule has 0 spiro atoms. The van der Waals surface area contributed by atoms with Gasteiger partial charge in [-0.3, -0.25) is 9.59 Å². The molecule has 0 aliphatic heterocycles. The molecule has 3 nitrogen and oxygen atoms in total. The molecule has 1 unspecified atom stereocenters. The second-order valence-electron chi connectivity index (χ2n) is 6.30. The third-order valence-corrected chi connectivity index (χ3v) is 2.94. The van der Waals surface area contributed by atoms with Crippen LogP contribution >= 0.6 is 0 Å². The van der Waals surface area contributed by atoms with Crippen LogP contribution in [-0.4, -0.2) is 17.7 Å². The minimum atomic E-state index is -0.316. The maximum atomic E-state index is 11.9. The maximum absolute atomic E-state index is 11.9. The minimum absolute atomic E-state index is 0.00370. The topological polar surface area (TPSA) is 46.2 Å². The molecular weight excluding hydrogens is 226 g/mol. The highest BCUT2D eigenvalue weighted by molar-refractivity contribution is 5.87. The molecule has 0 saturated heterocycles. The van der Waals surface area contributed by atoms with Gasteiger partial charge in [-0.05, 0) is 37.5 Å². The van der Waals surface area contributed by atoms with E-state index >= 15 is 0 Å². The van der Waals surface area contributed by atoms with Crippen LogP contribution in [0.4, 0.5) is 0 Å². The Balaban J connectivity index is 4.21. The molecule has 0 aromatic rings. The molecule has 1 N–H and O–H groups in total. The Morgan fingerprint density at radius 1 is 0.944 bits per heavy atom. The first-order valence-electron chi connectivity index (χ1n) is 7.02. The lowest BCUT2D eigenvalue weighted by Crippen LogP contribution is -2.41. The van der Waals surface area contributed by atoms with E-state index in [1.807, 2.05) is 0 Å². The van der Waals surface area contributed by atoms with Gasteiger partial charge in [0.25, 0.3) is 0 Å². The van der Waals surface area contributed by atoms with Crippen LogP contribution in [0.25, 0.3) is 0 Å². The Morgan fingerprint density at radius 2 is 1.44 bits per heavy atom. The van der Waals surface area contributed by atoms with Crippen molar-refractivity contribution in [2.24, 2.45) is 17.8 Å². The van der Waals surface area contributed by atoms with Gasteiger partial charge in [0.1, 0.15) is 0 Å². The standard InChI is InChI=1S/C15H29NO2/c1-10(2)7-12(5)9-15(18)16-14(13(6)17)8-11(3)4/h10-12,14H,7-9H2,1-6H3,(H,16,18)/t12?,14-/m0/s1. The summed E-state index contributed by atoms with van der Waals surface area (Å²) >= 11 is 0. The molecule has 0 aromatic heterocycles. The Morgan fingerprint density at radius 3 is 1.83 bits per heavy atom. The van der Waals surface area contributed by atoms with E-state index < -0.39 is 0 Å². The highest BCUT2D eigenvalue weighted by Crippen LogP contribution is 2.15. The van der Waals surface area contributed by atoms with E-state index in [0.29, 0.717) is 24.2 Å². The molecule has 0 aliphatic carbocycles. The van der Waals surface area contributed by atoms with Crippen LogP contribution in [-0.2, 0) is 9.59 Å². The minimum Gasteiger partial charge on any atom is -0.346 e. The Kier molecular flexibility index (Phi) is 7.88. The van der Waals surface area contributed by atoms with Crippen molar-refractivity contribution >= 4 is 11.7 Å². The molecule has 0 bridgehead atoms. The van der Waals surface area contributed by atoms with E-state index in [0.717, 1.165) is 12.8 Å². The van der Waals surface area contributed by atoms with Gasteiger partial charge in [-0.15, -0.1) is 0 Å². The smallest absolute Gasteiger partial charge is 0.220 e. The van der Waals surface area contributed by atoms with Crippen molar-refractivity contribution in [2.75, 3.05) is 0 Å². The third kappa shape index (κ3) is 8.26. The lowest BCUT2D eigenvalue weighted by Gasteiger charge is -2.19. The van der Waals surface area contributed by atoms with Gasteiger partial charge >= 0.3 is 0 Å². The molecule has 0 saturated carbocycles. The first kappa shape index (κ1) is 17.1. The van der Waals surface area contributed by atoms with Crippen LogP contribution in [0.15, 0.2) is 0 Å². The van der Waals surface area contributed by atoms with E-state index in [9.17, 15) is 9.59 Å². The van der Waals surface area contributed by atoms with Crippen molar-refractivity contribution in [3.8, 4) is 0 Å². The van der Waals surface area contributed by atoms with Crippen LogP contribution in [0.1, 0.15) is 60.8 Å². The number of carbonyl (C=O) groups excluding carboxylic acids is 2. The summed E-state index contributed by atoms with van der Waals surface area (Å²) in [4.78, 5) is 23.3. The number of hydrogen-bond acceptors (Lipinski definition) is 2. The highest BCUT2D eigenvalue weighted by atomic mass is 16.2. The summed E-state index contributed by atoms with van der Waals surface area (Å²) in [6, 6.07) is -0.316. The first-order chi connectivity index (χ1) is 8.22. The molecule has 2 atom stereocenters. The summed E-state index contributed by atoms with van der Waals surface area (Å²) in [5.74, 6) is 1.44. The largest absolute Gasteiger partial charge is 0.346 e. The van der Waals surface area contributed by atoms with Crippen molar-refractivity contribution in [3.63, 3.8) is 0 Å². The molecule has 3 heteroatoms. The van der Waals surface area contributed by atoms with Gasteiger partial charge < -0.3 is 5.32 Å². The zero-order chi connectivity index (χ0) is 14.3. The summed E-state index contributed by atoms with van der Waals surface area (Å²) in [6.45, 7) is 12.1. The normalized spacial score (nSPS) is 14.7. The fourth-order valence-corrected chi connectivity index (χ4v) is 2.26. The molecule has 18 heavy (non-hydrogen) atoms. The van der Waals surface area contributed by atoms with E-state index in [1.54, 1.807) is 6.92 Å². The zero-order valence-corrected chi connectivity index (χ0v) is 12.7. The number of ketones is 1. The SMILES string of the molecule is CC(=O)[C@H](CC(C)C)NC(=O)CC(C)CC(C)C. The number of nitrogens with one attached hydrogen (secondary N) is 1. The fourth-order valence-electron chi connectivity index (χ4n) is 2.26. The second kappa shape index (κ2) is 8.28. The van der Waals surface area contributed by atoms with Crippen molar-refractivity contribution < 1.29 is 9.59 Å². The number of Topliss-reactive ketones (excluding diaryl/α,β-unsaturated/α-hetero) is 1. The van der Waals surface area contributed by atoms with Crippen LogP contribution in [0.5, 0.6) is 0 Å². The molecule has 0 fully saturated rings. The molecular formula is C15H29NO2. The van der Waals surface area contributed by atoms with Gasteiger partial charge in [-0.2, -0.15) is 0 Å².